The van der Waals surface area contributed by atoms with E-state index in [1.54, 1.807) is 6.07 Å². The highest BCUT2D eigenvalue weighted by molar-refractivity contribution is 7.91. The molecule has 3 heterocycles. The van der Waals surface area contributed by atoms with Gasteiger partial charge in [-0.3, -0.25) is 4.79 Å². The molecule has 7 heteroatoms. The minimum Gasteiger partial charge on any atom is -0.341 e. The minimum absolute atomic E-state index is 0.00116. The van der Waals surface area contributed by atoms with Crippen molar-refractivity contribution in [2.75, 3.05) is 19.6 Å². The van der Waals surface area contributed by atoms with Gasteiger partial charge in [-0.2, -0.15) is 4.31 Å². The average molecular weight is 357 g/mol. The molecule has 0 saturated carbocycles. The molecule has 1 amide bonds. The Bertz CT molecular complexity index is 661. The molecule has 2 fully saturated rings. The van der Waals surface area contributed by atoms with Crippen LogP contribution in [0.4, 0.5) is 0 Å². The fourth-order valence-electron chi connectivity index (χ4n) is 3.44. The largest absolute Gasteiger partial charge is 0.341 e. The van der Waals surface area contributed by atoms with Crippen LogP contribution in [0.15, 0.2) is 16.3 Å². The Morgan fingerprint density at radius 1 is 1.09 bits per heavy atom. The quantitative estimate of drug-likeness (QED) is 0.836. The molecule has 0 aliphatic carbocycles. The van der Waals surface area contributed by atoms with Gasteiger partial charge in [0, 0.05) is 24.5 Å². The number of hydrogen-bond acceptors (Lipinski definition) is 4. The van der Waals surface area contributed by atoms with Gasteiger partial charge in [-0.15, -0.1) is 11.3 Å². The number of carbonyl (C=O) groups excluding carboxylic acids is 1. The Kier molecular flexibility index (Phi) is 5.08. The van der Waals surface area contributed by atoms with E-state index in [2.05, 4.69) is 0 Å². The van der Waals surface area contributed by atoms with Gasteiger partial charge in [0.05, 0.1) is 0 Å². The van der Waals surface area contributed by atoms with E-state index in [1.165, 1.54) is 15.6 Å². The second-order valence-corrected chi connectivity index (χ2v) is 9.78. The van der Waals surface area contributed by atoms with Gasteiger partial charge in [0.15, 0.2) is 0 Å². The molecular formula is C16H24N2O3S2. The maximum Gasteiger partial charge on any atom is 0.253 e. The molecule has 1 aromatic rings. The van der Waals surface area contributed by atoms with E-state index in [9.17, 15) is 13.2 Å². The summed E-state index contributed by atoms with van der Waals surface area (Å²) in [6, 6.07) is 2.96. The zero-order valence-electron chi connectivity index (χ0n) is 13.5. The van der Waals surface area contributed by atoms with Gasteiger partial charge >= 0.3 is 0 Å². The summed E-state index contributed by atoms with van der Waals surface area (Å²) in [6.07, 6.45) is 5.76. The minimum atomic E-state index is -3.56. The topological polar surface area (TPSA) is 57.7 Å². The van der Waals surface area contributed by atoms with E-state index < -0.39 is 16.1 Å². The van der Waals surface area contributed by atoms with E-state index in [0.717, 1.165) is 50.1 Å². The van der Waals surface area contributed by atoms with Crippen molar-refractivity contribution in [2.45, 2.75) is 55.7 Å². The number of amides is 1. The van der Waals surface area contributed by atoms with E-state index in [4.69, 9.17) is 0 Å². The molecular weight excluding hydrogens is 332 g/mol. The number of sulfonamides is 1. The second kappa shape index (κ2) is 6.91. The van der Waals surface area contributed by atoms with Crippen molar-refractivity contribution in [3.8, 4) is 0 Å². The Hall–Kier alpha value is -0.920. The fraction of sp³-hybridized carbons (Fsp3) is 0.688. The van der Waals surface area contributed by atoms with Gasteiger partial charge < -0.3 is 4.90 Å². The number of carbonyl (C=O) groups is 1. The SMILES string of the molecule is Cc1ccc(S(=O)(=O)N2CCCC2C(=O)N2CCCCCC2)s1. The summed E-state index contributed by atoms with van der Waals surface area (Å²) in [7, 11) is -3.56. The van der Waals surface area contributed by atoms with Crippen molar-refractivity contribution in [2.24, 2.45) is 0 Å². The third-order valence-electron chi connectivity index (χ3n) is 4.69. The highest BCUT2D eigenvalue weighted by Gasteiger charge is 2.41. The molecule has 2 aliphatic heterocycles. The maximum atomic E-state index is 12.9. The molecule has 128 valence electrons. The lowest BCUT2D eigenvalue weighted by Crippen LogP contribution is -2.47. The van der Waals surface area contributed by atoms with E-state index in [1.807, 2.05) is 17.9 Å². The number of hydrogen-bond donors (Lipinski definition) is 0. The van der Waals surface area contributed by atoms with Crippen molar-refractivity contribution in [1.29, 1.82) is 0 Å². The fourth-order valence-corrected chi connectivity index (χ4v) is 6.51. The highest BCUT2D eigenvalue weighted by atomic mass is 32.2. The first-order valence-corrected chi connectivity index (χ1v) is 10.6. The lowest BCUT2D eigenvalue weighted by atomic mass is 10.2. The van der Waals surface area contributed by atoms with Crippen LogP contribution in [0.1, 0.15) is 43.4 Å². The molecule has 0 radical (unpaired) electrons. The summed E-state index contributed by atoms with van der Waals surface area (Å²) in [6.45, 7) is 3.87. The Balaban J connectivity index is 1.80. The van der Waals surface area contributed by atoms with Gasteiger partial charge in [0.2, 0.25) is 5.91 Å². The number of likely N-dealkylation sites (tertiary alicyclic amines) is 1. The Morgan fingerprint density at radius 2 is 1.78 bits per heavy atom. The van der Waals surface area contributed by atoms with Gasteiger partial charge in [0.25, 0.3) is 10.0 Å². The first-order chi connectivity index (χ1) is 11.0. The molecule has 0 N–H and O–H groups in total. The summed E-state index contributed by atoms with van der Waals surface area (Å²) < 4.78 is 27.5. The number of thiophene rings is 1. The smallest absolute Gasteiger partial charge is 0.253 e. The van der Waals surface area contributed by atoms with Crippen molar-refractivity contribution >= 4 is 27.3 Å². The maximum absolute atomic E-state index is 12.9. The van der Waals surface area contributed by atoms with Crippen LogP contribution in [0.25, 0.3) is 0 Å². The summed E-state index contributed by atoms with van der Waals surface area (Å²) in [5.74, 6) is 0.00116. The van der Waals surface area contributed by atoms with Crippen LogP contribution < -0.4 is 0 Å². The molecule has 1 atom stereocenters. The third-order valence-corrected chi connectivity index (χ3v) is 8.06. The van der Waals surface area contributed by atoms with Crippen molar-refractivity contribution in [3.05, 3.63) is 17.0 Å². The first-order valence-electron chi connectivity index (χ1n) is 8.37. The van der Waals surface area contributed by atoms with Gasteiger partial charge in [-0.1, -0.05) is 12.8 Å². The lowest BCUT2D eigenvalue weighted by molar-refractivity contribution is -0.134. The van der Waals surface area contributed by atoms with Gasteiger partial charge in [0.1, 0.15) is 10.3 Å². The summed E-state index contributed by atoms with van der Waals surface area (Å²) in [5, 5.41) is 0. The molecule has 0 aromatic carbocycles. The molecule has 5 nitrogen and oxygen atoms in total. The molecule has 23 heavy (non-hydrogen) atoms. The zero-order chi connectivity index (χ0) is 16.4. The van der Waals surface area contributed by atoms with E-state index >= 15 is 0 Å². The molecule has 1 aromatic heterocycles. The van der Waals surface area contributed by atoms with Crippen LogP contribution in [0, 0.1) is 6.92 Å². The van der Waals surface area contributed by atoms with Crippen molar-refractivity contribution < 1.29 is 13.2 Å². The Morgan fingerprint density at radius 3 is 2.39 bits per heavy atom. The summed E-state index contributed by atoms with van der Waals surface area (Å²) in [4.78, 5) is 15.7. The standard InChI is InChI=1S/C16H24N2O3S2/c1-13-8-9-15(22-13)23(20,21)18-12-6-7-14(18)16(19)17-10-4-2-3-5-11-17/h8-9,14H,2-7,10-12H2,1H3. The predicted molar refractivity (Wildman–Crippen MR) is 91.0 cm³/mol. The van der Waals surface area contributed by atoms with Crippen LogP contribution in [-0.4, -0.2) is 49.2 Å². The predicted octanol–water partition coefficient (Wildman–Crippen LogP) is 2.61. The molecule has 0 bridgehead atoms. The zero-order valence-corrected chi connectivity index (χ0v) is 15.2. The second-order valence-electron chi connectivity index (χ2n) is 6.38. The van der Waals surface area contributed by atoms with Crippen molar-refractivity contribution in [3.63, 3.8) is 0 Å². The molecule has 1 unspecified atom stereocenters. The van der Waals surface area contributed by atoms with Crippen LogP contribution in [0.2, 0.25) is 0 Å². The van der Waals surface area contributed by atoms with E-state index in [-0.39, 0.29) is 5.91 Å². The first kappa shape index (κ1) is 16.9. The molecule has 3 rings (SSSR count). The molecule has 2 aliphatic rings. The summed E-state index contributed by atoms with van der Waals surface area (Å²) in [5.41, 5.74) is 0. The van der Waals surface area contributed by atoms with Gasteiger partial charge in [-0.25, -0.2) is 8.42 Å². The average Bonchev–Trinajstić information content (AvgIpc) is 3.10. The van der Waals surface area contributed by atoms with Crippen LogP contribution >= 0.6 is 11.3 Å². The van der Waals surface area contributed by atoms with Crippen LogP contribution in [0.3, 0.4) is 0 Å². The third kappa shape index (κ3) is 3.46. The van der Waals surface area contributed by atoms with Gasteiger partial charge in [-0.05, 0) is 44.7 Å². The van der Waals surface area contributed by atoms with Crippen LogP contribution in [0.5, 0.6) is 0 Å². The highest BCUT2D eigenvalue weighted by Crippen LogP contribution is 2.31. The number of nitrogens with zero attached hydrogens (tertiary/aromatic N) is 2. The molecule has 0 spiro atoms. The number of aryl methyl sites for hydroxylation is 1. The van der Waals surface area contributed by atoms with Crippen LogP contribution in [-0.2, 0) is 14.8 Å². The summed E-state index contributed by atoms with van der Waals surface area (Å²) >= 11 is 1.28. The number of rotatable bonds is 3. The van der Waals surface area contributed by atoms with E-state index in [0.29, 0.717) is 17.2 Å². The normalized spacial score (nSPS) is 23.9. The van der Waals surface area contributed by atoms with Crippen molar-refractivity contribution in [1.82, 2.24) is 9.21 Å². The Labute approximate surface area is 142 Å². The monoisotopic (exact) mass is 356 g/mol. The lowest BCUT2D eigenvalue weighted by Gasteiger charge is -2.28. The molecule has 2 saturated heterocycles.